The molecule has 0 heterocycles. The monoisotopic (exact) mass is 509 g/mol. The van der Waals surface area contributed by atoms with Crippen LogP contribution in [-0.2, 0) is 9.53 Å². The van der Waals surface area contributed by atoms with Crippen LogP contribution in [0.1, 0.15) is 195 Å². The minimum atomic E-state index is 0.0370. The van der Waals surface area contributed by atoms with E-state index in [0.717, 1.165) is 24.7 Å². The number of carbonyl (C=O) groups is 1. The van der Waals surface area contributed by atoms with Gasteiger partial charge in [-0.2, -0.15) is 0 Å². The maximum atomic E-state index is 12.2. The average molecular weight is 509 g/mol. The van der Waals surface area contributed by atoms with Gasteiger partial charge < -0.3 is 4.74 Å². The molecule has 0 aliphatic heterocycles. The van der Waals surface area contributed by atoms with Crippen LogP contribution in [0.25, 0.3) is 0 Å². The Kier molecular flexibility index (Phi) is 28.6. The zero-order chi connectivity index (χ0) is 26.5. The Hall–Kier alpha value is -0.530. The van der Waals surface area contributed by atoms with Gasteiger partial charge in [0.05, 0.1) is 6.61 Å². The topological polar surface area (TPSA) is 26.3 Å². The molecule has 0 saturated carbocycles. The van der Waals surface area contributed by atoms with Crippen molar-refractivity contribution in [2.24, 2.45) is 11.8 Å². The summed E-state index contributed by atoms with van der Waals surface area (Å²) in [6, 6.07) is 0. The van der Waals surface area contributed by atoms with Crippen LogP contribution < -0.4 is 0 Å². The molecular weight excluding hydrogens is 440 g/mol. The Morgan fingerprint density at radius 2 is 0.833 bits per heavy atom. The summed E-state index contributed by atoms with van der Waals surface area (Å²) >= 11 is 0. The van der Waals surface area contributed by atoms with E-state index in [0.29, 0.717) is 13.0 Å². The van der Waals surface area contributed by atoms with E-state index in [9.17, 15) is 4.79 Å². The first-order chi connectivity index (χ1) is 17.7. The predicted molar refractivity (Wildman–Crippen MR) is 161 cm³/mol. The van der Waals surface area contributed by atoms with Gasteiger partial charge in [0.25, 0.3) is 0 Å². The largest absolute Gasteiger partial charge is 0.466 e. The number of hydrogen-bond donors (Lipinski definition) is 0. The van der Waals surface area contributed by atoms with Crippen molar-refractivity contribution in [3.05, 3.63) is 0 Å². The van der Waals surface area contributed by atoms with Crippen molar-refractivity contribution in [3.63, 3.8) is 0 Å². The third kappa shape index (κ3) is 23.8. The van der Waals surface area contributed by atoms with Crippen molar-refractivity contribution < 1.29 is 9.53 Å². The third-order valence-corrected chi connectivity index (χ3v) is 8.15. The van der Waals surface area contributed by atoms with Gasteiger partial charge in [-0.05, 0) is 24.7 Å². The zero-order valence-electron chi connectivity index (χ0n) is 25.6. The van der Waals surface area contributed by atoms with Crippen LogP contribution in [-0.4, -0.2) is 12.6 Å². The Morgan fingerprint density at radius 3 is 1.28 bits per heavy atom. The molecule has 0 amide bonds. The summed E-state index contributed by atoms with van der Waals surface area (Å²) in [6.45, 7) is 9.83. The van der Waals surface area contributed by atoms with E-state index in [1.807, 2.05) is 0 Å². The lowest BCUT2D eigenvalue weighted by molar-refractivity contribution is -0.144. The Bertz CT molecular complexity index is 433. The highest BCUT2D eigenvalue weighted by Crippen LogP contribution is 2.30. The van der Waals surface area contributed by atoms with Gasteiger partial charge in [-0.25, -0.2) is 0 Å². The van der Waals surface area contributed by atoms with E-state index in [-0.39, 0.29) is 5.97 Å². The summed E-state index contributed by atoms with van der Waals surface area (Å²) in [5, 5.41) is 0. The molecule has 36 heavy (non-hydrogen) atoms. The van der Waals surface area contributed by atoms with Crippen LogP contribution in [0.15, 0.2) is 0 Å². The summed E-state index contributed by atoms with van der Waals surface area (Å²) in [6.07, 6.45) is 34.0. The average Bonchev–Trinajstić information content (AvgIpc) is 2.87. The van der Waals surface area contributed by atoms with Crippen LogP contribution >= 0.6 is 0 Å². The van der Waals surface area contributed by atoms with Crippen molar-refractivity contribution in [2.45, 2.75) is 195 Å². The van der Waals surface area contributed by atoms with E-state index in [1.165, 1.54) is 148 Å². The molecule has 0 unspecified atom stereocenters. The van der Waals surface area contributed by atoms with Gasteiger partial charge in [-0.15, -0.1) is 0 Å². The molecule has 0 spiro atoms. The first kappa shape index (κ1) is 35.5. The van der Waals surface area contributed by atoms with E-state index in [4.69, 9.17) is 4.74 Å². The van der Waals surface area contributed by atoms with Gasteiger partial charge in [-0.3, -0.25) is 4.79 Å². The molecule has 0 saturated heterocycles. The van der Waals surface area contributed by atoms with E-state index < -0.39 is 0 Å². The molecule has 0 aromatic rings. The summed E-state index contributed by atoms with van der Waals surface area (Å²) in [5.41, 5.74) is 0. The highest BCUT2D eigenvalue weighted by molar-refractivity contribution is 5.69. The number of carbonyl (C=O) groups excluding carboxylic acids is 1. The van der Waals surface area contributed by atoms with Crippen molar-refractivity contribution >= 4 is 5.97 Å². The fourth-order valence-electron chi connectivity index (χ4n) is 5.84. The van der Waals surface area contributed by atoms with Gasteiger partial charge in [-0.1, -0.05) is 175 Å². The molecule has 0 aromatic carbocycles. The normalized spacial score (nSPS) is 13.1. The molecular formula is C34H68O2. The predicted octanol–water partition coefficient (Wildman–Crippen LogP) is 12.0. The molecule has 0 fully saturated rings. The van der Waals surface area contributed by atoms with Crippen molar-refractivity contribution in [1.82, 2.24) is 0 Å². The second-order valence-corrected chi connectivity index (χ2v) is 11.7. The molecule has 0 rings (SSSR count). The molecule has 0 aromatic heterocycles. The lowest BCUT2D eigenvalue weighted by Gasteiger charge is -2.27. The van der Waals surface area contributed by atoms with Crippen LogP contribution in [0.5, 0.6) is 0 Å². The summed E-state index contributed by atoms with van der Waals surface area (Å²) in [5.74, 6) is 1.59. The second kappa shape index (κ2) is 29.0. The molecule has 0 aliphatic rings. The smallest absolute Gasteiger partial charge is 0.305 e. The third-order valence-electron chi connectivity index (χ3n) is 8.15. The molecule has 0 N–H and O–H groups in total. The molecule has 0 radical (unpaired) electrons. The molecule has 0 aliphatic carbocycles. The maximum Gasteiger partial charge on any atom is 0.305 e. The fourth-order valence-corrected chi connectivity index (χ4v) is 5.84. The number of ether oxygens (including phenoxy) is 1. The van der Waals surface area contributed by atoms with Crippen molar-refractivity contribution in [1.29, 1.82) is 0 Å². The van der Waals surface area contributed by atoms with Crippen LogP contribution in [0.2, 0.25) is 0 Å². The highest BCUT2D eigenvalue weighted by atomic mass is 16.5. The minimum absolute atomic E-state index is 0.0370. The van der Waals surface area contributed by atoms with Crippen LogP contribution in [0.3, 0.4) is 0 Å². The van der Waals surface area contributed by atoms with E-state index in [2.05, 4.69) is 27.7 Å². The van der Waals surface area contributed by atoms with Gasteiger partial charge in [0, 0.05) is 6.42 Å². The lowest BCUT2D eigenvalue weighted by Crippen LogP contribution is -2.18. The summed E-state index contributed by atoms with van der Waals surface area (Å²) < 4.78 is 5.67. The second-order valence-electron chi connectivity index (χ2n) is 11.7. The Morgan fingerprint density at radius 1 is 0.444 bits per heavy atom. The molecule has 2 nitrogen and oxygen atoms in total. The maximum absolute atomic E-state index is 12.2. The standard InChI is InChI=1S/C34H68O2/c1-5-9-11-13-14-15-16-17-18-19-20-21-22-23-25-29-34(35)36-31-30-33(27-8-4)32(26-7-3)28-24-12-10-6-2/h32-33H,5-31H2,1-4H3/t32-,33-/m1/s1. The number of esters is 1. The van der Waals surface area contributed by atoms with Gasteiger partial charge >= 0.3 is 5.97 Å². The van der Waals surface area contributed by atoms with E-state index in [1.54, 1.807) is 0 Å². The number of rotatable bonds is 29. The first-order valence-corrected chi connectivity index (χ1v) is 16.8. The first-order valence-electron chi connectivity index (χ1n) is 16.8. The van der Waals surface area contributed by atoms with Crippen molar-refractivity contribution in [2.75, 3.05) is 6.61 Å². The quantitative estimate of drug-likeness (QED) is 0.0741. The lowest BCUT2D eigenvalue weighted by atomic mass is 9.80. The zero-order valence-corrected chi connectivity index (χ0v) is 25.6. The minimum Gasteiger partial charge on any atom is -0.466 e. The van der Waals surface area contributed by atoms with E-state index >= 15 is 0 Å². The molecule has 0 bridgehead atoms. The van der Waals surface area contributed by atoms with Crippen LogP contribution in [0.4, 0.5) is 0 Å². The molecule has 2 heteroatoms. The summed E-state index contributed by atoms with van der Waals surface area (Å²) in [4.78, 5) is 12.2. The van der Waals surface area contributed by atoms with Gasteiger partial charge in [0.15, 0.2) is 0 Å². The SMILES string of the molecule is CCCCCCCCCCCCCCCCCC(=O)OCC[C@@H](CCC)[C@H](CCC)CCCCCC. The Labute approximate surface area is 228 Å². The van der Waals surface area contributed by atoms with Gasteiger partial charge in [0.2, 0.25) is 0 Å². The summed E-state index contributed by atoms with van der Waals surface area (Å²) in [7, 11) is 0. The number of unbranched alkanes of at least 4 members (excludes halogenated alkanes) is 17. The van der Waals surface area contributed by atoms with Crippen LogP contribution in [0, 0.1) is 11.8 Å². The van der Waals surface area contributed by atoms with Crippen molar-refractivity contribution in [3.8, 4) is 0 Å². The number of hydrogen-bond acceptors (Lipinski definition) is 2. The van der Waals surface area contributed by atoms with Gasteiger partial charge in [0.1, 0.15) is 0 Å². The Balaban J connectivity index is 3.72. The molecule has 216 valence electrons. The molecule has 2 atom stereocenters. The highest BCUT2D eigenvalue weighted by Gasteiger charge is 2.20. The fraction of sp³-hybridized carbons (Fsp3) is 0.971.